The van der Waals surface area contributed by atoms with Crippen molar-refractivity contribution in [3.8, 4) is 5.75 Å². The zero-order valence-electron chi connectivity index (χ0n) is 13.7. The van der Waals surface area contributed by atoms with Gasteiger partial charge in [-0.15, -0.1) is 0 Å². The Morgan fingerprint density at radius 1 is 1.12 bits per heavy atom. The topological polar surface area (TPSA) is 75.7 Å². The van der Waals surface area contributed by atoms with Crippen LogP contribution in [0.1, 0.15) is 54.4 Å². The second-order valence-corrected chi connectivity index (χ2v) is 6.86. The Hall–Kier alpha value is -2.44. The third-order valence-electron chi connectivity index (χ3n) is 5.17. The highest BCUT2D eigenvalue weighted by Crippen LogP contribution is 2.33. The molecule has 132 valence electrons. The highest BCUT2D eigenvalue weighted by molar-refractivity contribution is 6.05. The SMILES string of the molecule is O=C1CCC(N2Cc3cc(OC4CCCC4)c(F)cc3C2=O)C(=O)N1. The number of amides is 3. The summed E-state index contributed by atoms with van der Waals surface area (Å²) in [6, 6.07) is 2.08. The number of nitrogens with one attached hydrogen (secondary N) is 1. The Balaban J connectivity index is 1.56. The van der Waals surface area contributed by atoms with Crippen LogP contribution in [0, 0.1) is 5.82 Å². The molecule has 6 nitrogen and oxygen atoms in total. The van der Waals surface area contributed by atoms with E-state index in [1.807, 2.05) is 0 Å². The van der Waals surface area contributed by atoms with Crippen molar-refractivity contribution in [2.45, 2.75) is 57.2 Å². The van der Waals surface area contributed by atoms with Crippen molar-refractivity contribution in [1.82, 2.24) is 10.2 Å². The molecule has 0 radical (unpaired) electrons. The molecule has 0 aromatic heterocycles. The van der Waals surface area contributed by atoms with Gasteiger partial charge in [-0.1, -0.05) is 0 Å². The maximum atomic E-state index is 14.3. The van der Waals surface area contributed by atoms with Crippen LogP contribution in [0.5, 0.6) is 5.75 Å². The van der Waals surface area contributed by atoms with Gasteiger partial charge in [0.05, 0.1) is 6.10 Å². The predicted octanol–water partition coefficient (Wildman–Crippen LogP) is 1.91. The number of imide groups is 1. The molecule has 3 aliphatic rings. The summed E-state index contributed by atoms with van der Waals surface area (Å²) in [5.41, 5.74) is 0.921. The van der Waals surface area contributed by atoms with Crippen LogP contribution >= 0.6 is 0 Å². The lowest BCUT2D eigenvalue weighted by Crippen LogP contribution is -2.52. The van der Waals surface area contributed by atoms with E-state index >= 15 is 0 Å². The maximum Gasteiger partial charge on any atom is 0.255 e. The van der Waals surface area contributed by atoms with Crippen molar-refractivity contribution in [3.63, 3.8) is 0 Å². The van der Waals surface area contributed by atoms with Crippen LogP contribution in [-0.4, -0.2) is 34.8 Å². The number of hydrogen-bond donors (Lipinski definition) is 1. The molecule has 1 aliphatic carbocycles. The summed E-state index contributed by atoms with van der Waals surface area (Å²) in [5, 5.41) is 2.25. The van der Waals surface area contributed by atoms with Crippen LogP contribution < -0.4 is 10.1 Å². The quantitative estimate of drug-likeness (QED) is 0.849. The molecule has 1 atom stereocenters. The summed E-state index contributed by atoms with van der Waals surface area (Å²) in [7, 11) is 0. The normalized spacial score (nSPS) is 23.8. The minimum atomic E-state index is -0.695. The van der Waals surface area contributed by atoms with Crippen molar-refractivity contribution in [3.05, 3.63) is 29.1 Å². The fourth-order valence-electron chi connectivity index (χ4n) is 3.84. The molecule has 2 aliphatic heterocycles. The number of fused-ring (bicyclic) bond motifs is 1. The molecule has 0 bridgehead atoms. The number of ether oxygens (including phenoxy) is 1. The van der Waals surface area contributed by atoms with Crippen molar-refractivity contribution in [2.75, 3.05) is 0 Å². The maximum absolute atomic E-state index is 14.3. The van der Waals surface area contributed by atoms with Crippen LogP contribution in [0.3, 0.4) is 0 Å². The summed E-state index contributed by atoms with van der Waals surface area (Å²) in [6.07, 6.45) is 4.50. The molecule has 1 N–H and O–H groups in total. The fourth-order valence-corrected chi connectivity index (χ4v) is 3.84. The Morgan fingerprint density at radius 2 is 1.88 bits per heavy atom. The first-order chi connectivity index (χ1) is 12.0. The zero-order chi connectivity index (χ0) is 17.6. The molecular formula is C18H19FN2O4. The lowest BCUT2D eigenvalue weighted by Gasteiger charge is -2.29. The fraction of sp³-hybridized carbons (Fsp3) is 0.500. The van der Waals surface area contributed by atoms with Gasteiger partial charge < -0.3 is 9.64 Å². The Labute approximate surface area is 144 Å². The van der Waals surface area contributed by atoms with Gasteiger partial charge in [0.2, 0.25) is 11.8 Å². The number of carbonyl (C=O) groups is 3. The minimum Gasteiger partial charge on any atom is -0.487 e. The number of hydrogen-bond acceptors (Lipinski definition) is 4. The molecule has 4 rings (SSSR count). The van der Waals surface area contributed by atoms with Crippen molar-refractivity contribution >= 4 is 17.7 Å². The molecule has 0 spiro atoms. The Kier molecular flexibility index (Phi) is 3.94. The average Bonchev–Trinajstić information content (AvgIpc) is 3.18. The number of benzene rings is 1. The van der Waals surface area contributed by atoms with Gasteiger partial charge in [0, 0.05) is 18.5 Å². The number of carbonyl (C=O) groups excluding carboxylic acids is 3. The number of halogens is 1. The molecule has 1 unspecified atom stereocenters. The summed E-state index contributed by atoms with van der Waals surface area (Å²) in [6.45, 7) is 0.224. The van der Waals surface area contributed by atoms with E-state index in [0.717, 1.165) is 25.7 Å². The second kappa shape index (κ2) is 6.13. The largest absolute Gasteiger partial charge is 0.487 e. The first kappa shape index (κ1) is 16.1. The summed E-state index contributed by atoms with van der Waals surface area (Å²) >= 11 is 0. The number of piperidine rings is 1. The van der Waals surface area contributed by atoms with E-state index in [4.69, 9.17) is 4.74 Å². The van der Waals surface area contributed by atoms with E-state index in [-0.39, 0.29) is 48.6 Å². The zero-order valence-corrected chi connectivity index (χ0v) is 13.7. The van der Waals surface area contributed by atoms with Gasteiger partial charge in [0.25, 0.3) is 5.91 Å². The molecule has 25 heavy (non-hydrogen) atoms. The lowest BCUT2D eigenvalue weighted by molar-refractivity contribution is -0.136. The third-order valence-corrected chi connectivity index (χ3v) is 5.17. The standard InChI is InChI=1S/C18H19FN2O4/c19-13-8-12-10(7-15(13)25-11-3-1-2-4-11)9-21(18(12)24)14-5-6-16(22)20-17(14)23/h7-8,11,14H,1-6,9H2,(H,20,22,23). The van der Waals surface area contributed by atoms with Crippen molar-refractivity contribution in [1.29, 1.82) is 0 Å². The van der Waals surface area contributed by atoms with Crippen LogP contribution in [0.4, 0.5) is 4.39 Å². The van der Waals surface area contributed by atoms with Crippen LogP contribution in [0.2, 0.25) is 0 Å². The van der Waals surface area contributed by atoms with Gasteiger partial charge in [-0.3, -0.25) is 19.7 Å². The van der Waals surface area contributed by atoms with Crippen molar-refractivity contribution < 1.29 is 23.5 Å². The molecule has 2 heterocycles. The highest BCUT2D eigenvalue weighted by Gasteiger charge is 2.39. The van der Waals surface area contributed by atoms with E-state index in [9.17, 15) is 18.8 Å². The monoisotopic (exact) mass is 346 g/mol. The van der Waals surface area contributed by atoms with Gasteiger partial charge in [-0.25, -0.2) is 4.39 Å². The second-order valence-electron chi connectivity index (χ2n) is 6.86. The molecule has 1 aromatic rings. The molecule has 1 saturated carbocycles. The highest BCUT2D eigenvalue weighted by atomic mass is 19.1. The van der Waals surface area contributed by atoms with Crippen LogP contribution in [0.15, 0.2) is 12.1 Å². The van der Waals surface area contributed by atoms with Crippen molar-refractivity contribution in [2.24, 2.45) is 0 Å². The number of rotatable bonds is 3. The van der Waals surface area contributed by atoms with Gasteiger partial charge in [0.1, 0.15) is 6.04 Å². The third kappa shape index (κ3) is 2.88. The Bertz CT molecular complexity index is 758. The van der Waals surface area contributed by atoms with Crippen LogP contribution in [0.25, 0.3) is 0 Å². The van der Waals surface area contributed by atoms with E-state index < -0.39 is 17.8 Å². The minimum absolute atomic E-state index is 0.0240. The Morgan fingerprint density at radius 3 is 2.60 bits per heavy atom. The van der Waals surface area contributed by atoms with E-state index in [1.165, 1.54) is 11.0 Å². The summed E-state index contributed by atoms with van der Waals surface area (Å²) in [4.78, 5) is 37.3. The van der Waals surface area contributed by atoms with Gasteiger partial charge in [0.15, 0.2) is 11.6 Å². The smallest absolute Gasteiger partial charge is 0.255 e. The van der Waals surface area contributed by atoms with Gasteiger partial charge in [-0.2, -0.15) is 0 Å². The molecule has 7 heteroatoms. The van der Waals surface area contributed by atoms with Gasteiger partial charge in [-0.05, 0) is 49.8 Å². The van der Waals surface area contributed by atoms with E-state index in [2.05, 4.69) is 5.32 Å². The summed E-state index contributed by atoms with van der Waals surface area (Å²) in [5.74, 6) is -1.56. The molecule has 2 fully saturated rings. The molecule has 1 aromatic carbocycles. The van der Waals surface area contributed by atoms with E-state index in [0.29, 0.717) is 5.56 Å². The average molecular weight is 346 g/mol. The number of nitrogens with zero attached hydrogens (tertiary/aromatic N) is 1. The van der Waals surface area contributed by atoms with Gasteiger partial charge >= 0.3 is 0 Å². The molecule has 3 amide bonds. The van der Waals surface area contributed by atoms with Crippen LogP contribution in [-0.2, 0) is 16.1 Å². The van der Waals surface area contributed by atoms with E-state index in [1.54, 1.807) is 6.07 Å². The molecule has 1 saturated heterocycles. The predicted molar refractivity (Wildman–Crippen MR) is 85.3 cm³/mol. The lowest BCUT2D eigenvalue weighted by atomic mass is 10.0. The first-order valence-corrected chi connectivity index (χ1v) is 8.66. The molecular weight excluding hydrogens is 327 g/mol. The summed E-state index contributed by atoms with van der Waals surface area (Å²) < 4.78 is 20.1. The first-order valence-electron chi connectivity index (χ1n) is 8.66.